The van der Waals surface area contributed by atoms with Crippen molar-refractivity contribution in [3.05, 3.63) is 0 Å². The first kappa shape index (κ1) is 14.5. The van der Waals surface area contributed by atoms with Crippen molar-refractivity contribution in [2.24, 2.45) is 0 Å². The molecule has 0 radical (unpaired) electrons. The molecule has 4 heteroatoms. The van der Waals surface area contributed by atoms with Gasteiger partial charge in [-0.3, -0.25) is 4.79 Å². The van der Waals surface area contributed by atoms with E-state index in [0.29, 0.717) is 19.1 Å². The third kappa shape index (κ3) is 6.64. The lowest BCUT2D eigenvalue weighted by Crippen LogP contribution is -2.49. The van der Waals surface area contributed by atoms with Crippen molar-refractivity contribution in [3.8, 4) is 0 Å². The molecule has 1 aliphatic heterocycles. The van der Waals surface area contributed by atoms with E-state index in [9.17, 15) is 4.79 Å². The van der Waals surface area contributed by atoms with E-state index in [1.165, 1.54) is 6.42 Å². The van der Waals surface area contributed by atoms with E-state index < -0.39 is 0 Å². The van der Waals surface area contributed by atoms with E-state index in [1.54, 1.807) is 0 Å². The van der Waals surface area contributed by atoms with Crippen molar-refractivity contribution in [3.63, 3.8) is 0 Å². The lowest BCUT2D eigenvalue weighted by Gasteiger charge is -2.31. The molecule has 0 amide bonds. The van der Waals surface area contributed by atoms with Crippen LogP contribution in [0.15, 0.2) is 0 Å². The molecule has 1 heterocycles. The van der Waals surface area contributed by atoms with Gasteiger partial charge in [-0.1, -0.05) is 6.42 Å². The molecule has 1 unspecified atom stereocenters. The molecule has 1 N–H and O–H groups in total. The smallest absolute Gasteiger partial charge is 0.305 e. The summed E-state index contributed by atoms with van der Waals surface area (Å²) in [6.07, 6.45) is 3.84. The highest BCUT2D eigenvalue weighted by atomic mass is 16.5. The van der Waals surface area contributed by atoms with Gasteiger partial charge in [-0.15, -0.1) is 0 Å². The second-order valence-corrected chi connectivity index (χ2v) is 4.77. The molecule has 0 aromatic carbocycles. The van der Waals surface area contributed by atoms with Gasteiger partial charge in [0.1, 0.15) is 0 Å². The highest BCUT2D eigenvalue weighted by molar-refractivity contribution is 5.69. The van der Waals surface area contributed by atoms with Gasteiger partial charge in [0.15, 0.2) is 0 Å². The number of ether oxygens (including phenoxy) is 1. The summed E-state index contributed by atoms with van der Waals surface area (Å²) >= 11 is 0. The summed E-state index contributed by atoms with van der Waals surface area (Å²) in [6.45, 7) is 9.15. The molecule has 0 bridgehead atoms. The Balaban J connectivity index is 1.95. The van der Waals surface area contributed by atoms with Crippen LogP contribution in [0, 0.1) is 0 Å². The zero-order valence-electron chi connectivity index (χ0n) is 11.2. The van der Waals surface area contributed by atoms with E-state index >= 15 is 0 Å². The van der Waals surface area contributed by atoms with Gasteiger partial charge in [-0.2, -0.15) is 0 Å². The average molecular weight is 242 g/mol. The summed E-state index contributed by atoms with van der Waals surface area (Å²) in [7, 11) is 0. The number of hydrogen-bond donors (Lipinski definition) is 1. The molecule has 1 fully saturated rings. The van der Waals surface area contributed by atoms with Gasteiger partial charge in [-0.05, 0) is 33.2 Å². The van der Waals surface area contributed by atoms with Crippen LogP contribution in [0.2, 0.25) is 0 Å². The van der Waals surface area contributed by atoms with Crippen LogP contribution in [0.4, 0.5) is 0 Å². The third-order valence-corrected chi connectivity index (χ3v) is 3.11. The fraction of sp³-hybridized carbons (Fsp3) is 0.923. The summed E-state index contributed by atoms with van der Waals surface area (Å²) in [5.41, 5.74) is 0. The number of nitrogens with zero attached hydrogens (tertiary/aromatic N) is 1. The first-order chi connectivity index (χ1) is 8.22. The normalized spacial score (nSPS) is 21.4. The maximum atomic E-state index is 11.1. The van der Waals surface area contributed by atoms with E-state index in [-0.39, 0.29) is 5.97 Å². The van der Waals surface area contributed by atoms with E-state index in [2.05, 4.69) is 17.1 Å². The number of unbranched alkanes of at least 4 members (excludes halogenated alkanes) is 2. The van der Waals surface area contributed by atoms with Gasteiger partial charge < -0.3 is 15.0 Å². The van der Waals surface area contributed by atoms with Crippen molar-refractivity contribution in [1.82, 2.24) is 10.2 Å². The monoisotopic (exact) mass is 242 g/mol. The van der Waals surface area contributed by atoms with Crippen LogP contribution < -0.4 is 5.32 Å². The number of piperazine rings is 1. The van der Waals surface area contributed by atoms with Crippen LogP contribution in [-0.2, 0) is 9.53 Å². The fourth-order valence-electron chi connectivity index (χ4n) is 2.23. The van der Waals surface area contributed by atoms with Crippen LogP contribution in [0.3, 0.4) is 0 Å². The molecule has 100 valence electrons. The molecule has 1 aliphatic rings. The summed E-state index contributed by atoms with van der Waals surface area (Å²) in [4.78, 5) is 13.6. The van der Waals surface area contributed by atoms with Crippen molar-refractivity contribution in [2.45, 2.75) is 45.6 Å². The van der Waals surface area contributed by atoms with Gasteiger partial charge in [0, 0.05) is 32.1 Å². The van der Waals surface area contributed by atoms with Crippen LogP contribution in [0.25, 0.3) is 0 Å². The Kier molecular flexibility index (Phi) is 7.21. The van der Waals surface area contributed by atoms with Crippen molar-refractivity contribution < 1.29 is 9.53 Å². The maximum Gasteiger partial charge on any atom is 0.305 e. The molecule has 0 aromatic rings. The van der Waals surface area contributed by atoms with Crippen molar-refractivity contribution in [1.29, 1.82) is 0 Å². The topological polar surface area (TPSA) is 41.6 Å². The minimum Gasteiger partial charge on any atom is -0.466 e. The van der Waals surface area contributed by atoms with Gasteiger partial charge in [0.2, 0.25) is 0 Å². The molecule has 17 heavy (non-hydrogen) atoms. The minimum absolute atomic E-state index is 0.0525. The van der Waals surface area contributed by atoms with Crippen molar-refractivity contribution >= 4 is 5.97 Å². The molecular weight excluding hydrogens is 216 g/mol. The number of esters is 1. The number of carbonyl (C=O) groups is 1. The quantitative estimate of drug-likeness (QED) is 0.541. The summed E-state index contributed by atoms with van der Waals surface area (Å²) in [5.74, 6) is -0.0525. The SMILES string of the molecule is CCOC(=O)CCCCCN1CCNC(C)C1. The van der Waals surface area contributed by atoms with E-state index in [0.717, 1.165) is 39.0 Å². The third-order valence-electron chi connectivity index (χ3n) is 3.11. The fourth-order valence-corrected chi connectivity index (χ4v) is 2.23. The lowest BCUT2D eigenvalue weighted by atomic mass is 10.1. The standard InChI is InChI=1S/C13H26N2O2/c1-3-17-13(16)7-5-4-6-9-15-10-8-14-12(2)11-15/h12,14H,3-11H2,1-2H3. The van der Waals surface area contributed by atoms with Crippen LogP contribution in [-0.4, -0.2) is 49.7 Å². The first-order valence-corrected chi connectivity index (χ1v) is 6.83. The molecule has 1 atom stereocenters. The summed E-state index contributed by atoms with van der Waals surface area (Å²) < 4.78 is 4.89. The second kappa shape index (κ2) is 8.48. The van der Waals surface area contributed by atoms with E-state index in [4.69, 9.17) is 4.74 Å². The van der Waals surface area contributed by atoms with Gasteiger partial charge in [0.25, 0.3) is 0 Å². The highest BCUT2D eigenvalue weighted by Gasteiger charge is 2.14. The number of rotatable bonds is 7. The first-order valence-electron chi connectivity index (χ1n) is 6.83. The summed E-state index contributed by atoms with van der Waals surface area (Å²) in [5, 5.41) is 3.44. The van der Waals surface area contributed by atoms with Gasteiger partial charge in [0.05, 0.1) is 6.61 Å². The Bertz CT molecular complexity index is 221. The Morgan fingerprint density at radius 2 is 2.24 bits per heavy atom. The Hall–Kier alpha value is -0.610. The maximum absolute atomic E-state index is 11.1. The Morgan fingerprint density at radius 3 is 2.94 bits per heavy atom. The van der Waals surface area contributed by atoms with Crippen LogP contribution >= 0.6 is 0 Å². The average Bonchev–Trinajstić information content (AvgIpc) is 2.29. The molecule has 0 aromatic heterocycles. The summed E-state index contributed by atoms with van der Waals surface area (Å²) in [6, 6.07) is 0.614. The molecular formula is C13H26N2O2. The predicted octanol–water partition coefficient (Wildman–Crippen LogP) is 1.40. The van der Waals surface area contributed by atoms with Crippen LogP contribution in [0.5, 0.6) is 0 Å². The van der Waals surface area contributed by atoms with E-state index in [1.807, 2.05) is 6.92 Å². The van der Waals surface area contributed by atoms with Gasteiger partial charge >= 0.3 is 5.97 Å². The van der Waals surface area contributed by atoms with Crippen LogP contribution in [0.1, 0.15) is 39.5 Å². The second-order valence-electron chi connectivity index (χ2n) is 4.77. The largest absolute Gasteiger partial charge is 0.466 e. The molecule has 4 nitrogen and oxygen atoms in total. The Labute approximate surface area is 105 Å². The lowest BCUT2D eigenvalue weighted by molar-refractivity contribution is -0.143. The molecule has 1 saturated heterocycles. The molecule has 0 saturated carbocycles. The number of hydrogen-bond acceptors (Lipinski definition) is 4. The van der Waals surface area contributed by atoms with Gasteiger partial charge in [-0.25, -0.2) is 0 Å². The highest BCUT2D eigenvalue weighted by Crippen LogP contribution is 2.05. The number of carbonyl (C=O) groups excluding carboxylic acids is 1. The number of nitrogens with one attached hydrogen (secondary N) is 1. The predicted molar refractivity (Wildman–Crippen MR) is 69.0 cm³/mol. The zero-order chi connectivity index (χ0) is 12.5. The molecule has 0 aliphatic carbocycles. The zero-order valence-corrected chi connectivity index (χ0v) is 11.2. The minimum atomic E-state index is -0.0525. The molecule has 1 rings (SSSR count). The Morgan fingerprint density at radius 1 is 1.41 bits per heavy atom. The molecule has 0 spiro atoms. The van der Waals surface area contributed by atoms with Crippen molar-refractivity contribution in [2.75, 3.05) is 32.8 Å².